The highest BCUT2D eigenvalue weighted by Crippen LogP contribution is 2.42. The third-order valence-electron chi connectivity index (χ3n) is 3.53. The minimum atomic E-state index is -0.405. The van der Waals surface area contributed by atoms with Gasteiger partial charge in [0.1, 0.15) is 5.76 Å². The molecule has 0 N–H and O–H groups in total. The quantitative estimate of drug-likeness (QED) is 0.442. The lowest BCUT2D eigenvalue weighted by Crippen LogP contribution is -2.11. The van der Waals surface area contributed by atoms with Crippen molar-refractivity contribution in [3.8, 4) is 0 Å². The molecule has 0 bridgehead atoms. The third-order valence-corrected chi connectivity index (χ3v) is 4.90. The highest BCUT2D eigenvalue weighted by atomic mass is 32.2. The van der Waals surface area contributed by atoms with E-state index in [2.05, 4.69) is 0 Å². The minimum absolute atomic E-state index is 0.0338. The topological polar surface area (TPSA) is 78.7 Å². The summed E-state index contributed by atoms with van der Waals surface area (Å²) < 4.78 is 10.3. The van der Waals surface area contributed by atoms with E-state index >= 15 is 0 Å². The zero-order valence-electron chi connectivity index (χ0n) is 11.8. The van der Waals surface area contributed by atoms with Crippen LogP contribution in [0.15, 0.2) is 58.1 Å². The second-order valence-electron chi connectivity index (χ2n) is 4.90. The molecule has 6 nitrogen and oxygen atoms in total. The Hall–Kier alpha value is -2.28. The number of rotatable bonds is 2. The number of esters is 1. The van der Waals surface area contributed by atoms with Gasteiger partial charge in [-0.25, -0.2) is 4.79 Å². The number of nitro groups is 1. The first kappa shape index (κ1) is 14.6. The maximum atomic E-state index is 11.6. The Kier molecular flexibility index (Phi) is 3.89. The molecule has 7 heteroatoms. The van der Waals surface area contributed by atoms with Gasteiger partial charge in [0, 0.05) is 16.9 Å². The molecule has 0 saturated heterocycles. The lowest BCUT2D eigenvalue weighted by molar-refractivity contribution is -0.428. The summed E-state index contributed by atoms with van der Waals surface area (Å²) in [6.07, 6.45) is 9.38. The van der Waals surface area contributed by atoms with Crippen molar-refractivity contribution in [1.82, 2.24) is 0 Å². The van der Waals surface area contributed by atoms with E-state index in [-0.39, 0.29) is 15.9 Å². The predicted octanol–water partition coefficient (Wildman–Crippen LogP) is 2.84. The monoisotopic (exact) mass is 319 g/mol. The fourth-order valence-electron chi connectivity index (χ4n) is 2.38. The zero-order valence-corrected chi connectivity index (χ0v) is 12.6. The van der Waals surface area contributed by atoms with E-state index in [1.807, 2.05) is 6.08 Å². The molecular weight excluding hydrogens is 306 g/mol. The van der Waals surface area contributed by atoms with Gasteiger partial charge in [0.05, 0.1) is 35.2 Å². The van der Waals surface area contributed by atoms with E-state index in [1.54, 1.807) is 30.2 Å². The number of allylic oxidation sites excluding steroid dienone is 4. The van der Waals surface area contributed by atoms with Crippen LogP contribution in [0.1, 0.15) is 12.8 Å². The Bertz CT molecular complexity index is 699. The number of nitrogens with zero attached hydrogens (tertiary/aromatic N) is 1. The highest BCUT2D eigenvalue weighted by molar-refractivity contribution is 8.04. The maximum absolute atomic E-state index is 11.6. The van der Waals surface area contributed by atoms with Gasteiger partial charge in [-0.1, -0.05) is 12.2 Å². The summed E-state index contributed by atoms with van der Waals surface area (Å²) in [6, 6.07) is 0. The molecule has 3 rings (SSSR count). The number of thioether (sulfide) groups is 1. The Morgan fingerprint density at radius 2 is 2.27 bits per heavy atom. The molecule has 0 saturated carbocycles. The fourth-order valence-corrected chi connectivity index (χ4v) is 3.55. The SMILES string of the molecule is COC(=O)C1=CC2=COC3=C(CCC([N+](=O)[O-])=C3)SC2C=C1. The number of carbonyl (C=O) groups excluding carboxylic acids is 1. The minimum Gasteiger partial charge on any atom is -0.465 e. The van der Waals surface area contributed by atoms with E-state index in [4.69, 9.17) is 9.47 Å². The van der Waals surface area contributed by atoms with Gasteiger partial charge in [-0.05, 0) is 12.5 Å². The molecule has 0 aromatic carbocycles. The third kappa shape index (κ3) is 2.71. The summed E-state index contributed by atoms with van der Waals surface area (Å²) in [5.41, 5.74) is 1.44. The van der Waals surface area contributed by atoms with E-state index in [0.29, 0.717) is 24.2 Å². The van der Waals surface area contributed by atoms with Gasteiger partial charge < -0.3 is 9.47 Å². The van der Waals surface area contributed by atoms with Crippen LogP contribution in [0.25, 0.3) is 0 Å². The molecular formula is C15H13NO5S. The normalized spacial score (nSPS) is 23.1. The Balaban J connectivity index is 1.88. The summed E-state index contributed by atoms with van der Waals surface area (Å²) in [6.45, 7) is 0. The molecule has 0 spiro atoms. The Morgan fingerprint density at radius 1 is 1.45 bits per heavy atom. The second-order valence-corrected chi connectivity index (χ2v) is 6.14. The molecule has 1 aliphatic heterocycles. The van der Waals surface area contributed by atoms with Gasteiger partial charge in [0.2, 0.25) is 5.70 Å². The maximum Gasteiger partial charge on any atom is 0.337 e. The van der Waals surface area contributed by atoms with Crippen molar-refractivity contribution in [2.45, 2.75) is 18.1 Å². The fraction of sp³-hybridized carbons (Fsp3) is 0.267. The Labute approximate surface area is 131 Å². The summed E-state index contributed by atoms with van der Waals surface area (Å²) in [7, 11) is 1.33. The zero-order chi connectivity index (χ0) is 15.7. The highest BCUT2D eigenvalue weighted by Gasteiger charge is 2.28. The number of methoxy groups -OCH3 is 1. The molecule has 114 valence electrons. The molecule has 0 fully saturated rings. The largest absolute Gasteiger partial charge is 0.465 e. The predicted molar refractivity (Wildman–Crippen MR) is 81.1 cm³/mol. The van der Waals surface area contributed by atoms with E-state index < -0.39 is 5.97 Å². The van der Waals surface area contributed by atoms with Gasteiger partial charge in [0.25, 0.3) is 0 Å². The molecule has 0 aromatic rings. The number of hydrogen-bond acceptors (Lipinski definition) is 6. The van der Waals surface area contributed by atoms with Gasteiger partial charge in [-0.2, -0.15) is 0 Å². The average Bonchev–Trinajstić information content (AvgIpc) is 2.71. The van der Waals surface area contributed by atoms with Gasteiger partial charge >= 0.3 is 5.97 Å². The molecule has 22 heavy (non-hydrogen) atoms. The molecule has 1 atom stereocenters. The number of ether oxygens (including phenoxy) is 2. The van der Waals surface area contributed by atoms with Crippen molar-refractivity contribution in [2.75, 3.05) is 7.11 Å². The molecule has 1 heterocycles. The van der Waals surface area contributed by atoms with E-state index in [9.17, 15) is 14.9 Å². The van der Waals surface area contributed by atoms with Crippen LogP contribution in [0, 0.1) is 10.1 Å². The number of fused-ring (bicyclic) bond motifs is 1. The second kappa shape index (κ2) is 5.84. The van der Waals surface area contributed by atoms with Crippen molar-refractivity contribution in [1.29, 1.82) is 0 Å². The molecule has 3 aliphatic rings. The van der Waals surface area contributed by atoms with Crippen LogP contribution in [0.4, 0.5) is 0 Å². The first-order chi connectivity index (χ1) is 10.6. The lowest BCUT2D eigenvalue weighted by Gasteiger charge is -2.18. The van der Waals surface area contributed by atoms with Gasteiger partial charge in [-0.15, -0.1) is 11.8 Å². The van der Waals surface area contributed by atoms with E-state index in [0.717, 1.165) is 10.5 Å². The van der Waals surface area contributed by atoms with Gasteiger partial charge in [-0.3, -0.25) is 10.1 Å². The molecule has 1 unspecified atom stereocenters. The van der Waals surface area contributed by atoms with E-state index in [1.165, 1.54) is 13.2 Å². The molecule has 0 radical (unpaired) electrons. The smallest absolute Gasteiger partial charge is 0.337 e. The molecule has 0 amide bonds. The standard InChI is InChI=1S/C15H13NO5S/c1-20-15(17)9-2-4-13-10(6-9)8-21-12-7-11(16(18)19)3-5-14(12)22-13/h2,4,6-8,13H,3,5H2,1H3. The number of carbonyl (C=O) groups is 1. The van der Waals surface area contributed by atoms with Crippen molar-refractivity contribution in [2.24, 2.45) is 0 Å². The summed E-state index contributed by atoms with van der Waals surface area (Å²) in [4.78, 5) is 23.1. The van der Waals surface area contributed by atoms with Crippen LogP contribution in [0.5, 0.6) is 0 Å². The van der Waals surface area contributed by atoms with Crippen LogP contribution < -0.4 is 0 Å². The summed E-state index contributed by atoms with van der Waals surface area (Å²) in [5, 5.41) is 10.9. The van der Waals surface area contributed by atoms with Crippen LogP contribution in [0.2, 0.25) is 0 Å². The van der Waals surface area contributed by atoms with Crippen molar-refractivity contribution >= 4 is 17.7 Å². The number of hydrogen-bond donors (Lipinski definition) is 0. The van der Waals surface area contributed by atoms with Crippen molar-refractivity contribution in [3.05, 3.63) is 68.2 Å². The lowest BCUT2D eigenvalue weighted by atomic mass is 10.0. The first-order valence-electron chi connectivity index (χ1n) is 6.68. The van der Waals surface area contributed by atoms with Crippen molar-refractivity contribution in [3.63, 3.8) is 0 Å². The van der Waals surface area contributed by atoms with Crippen LogP contribution >= 0.6 is 11.8 Å². The Morgan fingerprint density at radius 3 is 3.00 bits per heavy atom. The first-order valence-corrected chi connectivity index (χ1v) is 7.56. The summed E-state index contributed by atoms with van der Waals surface area (Å²) in [5.74, 6) is 0.115. The van der Waals surface area contributed by atoms with Crippen LogP contribution in [-0.4, -0.2) is 23.3 Å². The average molecular weight is 319 g/mol. The van der Waals surface area contributed by atoms with Crippen molar-refractivity contribution < 1.29 is 19.2 Å². The van der Waals surface area contributed by atoms with Gasteiger partial charge in [0.15, 0.2) is 0 Å². The molecule has 0 aromatic heterocycles. The molecule has 2 aliphatic carbocycles. The van der Waals surface area contributed by atoms with Crippen LogP contribution in [0.3, 0.4) is 0 Å². The summed E-state index contributed by atoms with van der Waals surface area (Å²) >= 11 is 1.59. The van der Waals surface area contributed by atoms with Crippen LogP contribution in [-0.2, 0) is 14.3 Å².